The number of nitrogens with one attached hydrogen (secondary N) is 1. The molecule has 0 heterocycles. The van der Waals surface area contributed by atoms with Crippen LogP contribution in [0.25, 0.3) is 0 Å². The quantitative estimate of drug-likeness (QED) is 0.797. The van der Waals surface area contributed by atoms with Gasteiger partial charge in [0.25, 0.3) is 0 Å². The van der Waals surface area contributed by atoms with E-state index in [2.05, 4.69) is 5.32 Å². The predicted octanol–water partition coefficient (Wildman–Crippen LogP) is 4.52. The Hall–Kier alpha value is -0.550. The molecule has 1 aromatic rings. The number of thioether (sulfide) groups is 1. The van der Waals surface area contributed by atoms with Gasteiger partial charge in [-0.15, -0.1) is 0 Å². The molecule has 96 valence electrons. The summed E-state index contributed by atoms with van der Waals surface area (Å²) in [6.45, 7) is 2.51. The van der Waals surface area contributed by atoms with Crippen LogP contribution < -0.4 is 5.32 Å². The first kappa shape index (κ1) is 14.5. The summed E-state index contributed by atoms with van der Waals surface area (Å²) in [5, 5.41) is 2.87. The Kier molecular flexibility index (Phi) is 5.46. The van der Waals surface area contributed by atoms with Crippen LogP contribution in [-0.4, -0.2) is 18.1 Å². The van der Waals surface area contributed by atoms with Crippen molar-refractivity contribution in [3.8, 4) is 0 Å². The Morgan fingerprint density at radius 2 is 2.06 bits per heavy atom. The lowest BCUT2D eigenvalue weighted by molar-refractivity contribution is -0.136. The average Bonchev–Trinajstić information content (AvgIpc) is 2.25. The summed E-state index contributed by atoms with van der Waals surface area (Å²) in [7, 11) is 0. The molecule has 0 radical (unpaired) electrons. The Labute approximate surface area is 108 Å². The number of rotatable bonds is 5. The highest BCUT2D eigenvalue weighted by atomic mass is 35.5. The molecule has 0 saturated carbocycles. The first-order chi connectivity index (χ1) is 7.95. The van der Waals surface area contributed by atoms with Gasteiger partial charge < -0.3 is 5.32 Å². The smallest absolute Gasteiger partial charge is 0.384 e. The summed E-state index contributed by atoms with van der Waals surface area (Å²) < 4.78 is 38.1. The van der Waals surface area contributed by atoms with Crippen LogP contribution in [-0.2, 0) is 6.18 Å². The first-order valence-corrected chi connectivity index (χ1v) is 6.66. The van der Waals surface area contributed by atoms with E-state index in [0.29, 0.717) is 6.54 Å². The molecule has 0 spiro atoms. The van der Waals surface area contributed by atoms with Crippen molar-refractivity contribution < 1.29 is 13.2 Å². The molecule has 1 aromatic carbocycles. The van der Waals surface area contributed by atoms with Gasteiger partial charge in [0.2, 0.25) is 0 Å². The lowest BCUT2D eigenvalue weighted by atomic mass is 10.1. The van der Waals surface area contributed by atoms with Gasteiger partial charge in [-0.25, -0.2) is 0 Å². The minimum atomic E-state index is -4.38. The number of hydrogen-bond donors (Lipinski definition) is 1. The van der Waals surface area contributed by atoms with Crippen molar-refractivity contribution in [3.05, 3.63) is 28.8 Å². The van der Waals surface area contributed by atoms with Gasteiger partial charge in [0, 0.05) is 23.0 Å². The standard InChI is InChI=1S/C11H13ClF3NS/c1-2-17-6-5-16-10-4-3-8(12)7-9(10)11(13,14)15/h3-4,7,16H,2,5-6H2,1H3. The van der Waals surface area contributed by atoms with Gasteiger partial charge in [0.1, 0.15) is 0 Å². The highest BCUT2D eigenvalue weighted by Gasteiger charge is 2.33. The van der Waals surface area contributed by atoms with Crippen molar-refractivity contribution in [2.24, 2.45) is 0 Å². The number of benzene rings is 1. The van der Waals surface area contributed by atoms with Gasteiger partial charge in [-0.05, 0) is 24.0 Å². The van der Waals surface area contributed by atoms with Gasteiger partial charge in [0.15, 0.2) is 0 Å². The molecular formula is C11H13ClF3NS. The summed E-state index contributed by atoms with van der Waals surface area (Å²) in [4.78, 5) is 0. The lowest BCUT2D eigenvalue weighted by Crippen LogP contribution is -2.12. The maximum atomic E-state index is 12.7. The van der Waals surface area contributed by atoms with Crippen LogP contribution in [0.2, 0.25) is 5.02 Å². The molecule has 0 aliphatic heterocycles. The molecular weight excluding hydrogens is 271 g/mol. The number of alkyl halides is 3. The average molecular weight is 284 g/mol. The molecule has 1 rings (SSSR count). The Morgan fingerprint density at radius 3 is 2.65 bits per heavy atom. The molecule has 0 amide bonds. The molecule has 0 atom stereocenters. The van der Waals surface area contributed by atoms with E-state index in [1.165, 1.54) is 12.1 Å². The summed E-state index contributed by atoms with van der Waals surface area (Å²) in [6.07, 6.45) is -4.38. The van der Waals surface area contributed by atoms with Gasteiger partial charge in [-0.1, -0.05) is 18.5 Å². The summed E-state index contributed by atoms with van der Waals surface area (Å²) in [5.41, 5.74) is -0.634. The molecule has 0 fully saturated rings. The van der Waals surface area contributed by atoms with Gasteiger partial charge >= 0.3 is 6.18 Å². The largest absolute Gasteiger partial charge is 0.418 e. The fourth-order valence-corrected chi connectivity index (χ4v) is 2.01. The Bertz CT molecular complexity index is 368. The molecule has 0 aromatic heterocycles. The van der Waals surface area contributed by atoms with Crippen molar-refractivity contribution >= 4 is 29.1 Å². The molecule has 0 unspecified atom stereocenters. The molecule has 0 aliphatic carbocycles. The van der Waals surface area contributed by atoms with E-state index >= 15 is 0 Å². The van der Waals surface area contributed by atoms with Gasteiger partial charge in [-0.2, -0.15) is 24.9 Å². The highest BCUT2D eigenvalue weighted by molar-refractivity contribution is 7.99. The summed E-state index contributed by atoms with van der Waals surface area (Å²) in [6, 6.07) is 3.75. The minimum Gasteiger partial charge on any atom is -0.384 e. The van der Waals surface area contributed by atoms with Crippen LogP contribution in [0.5, 0.6) is 0 Å². The van der Waals surface area contributed by atoms with Crippen molar-refractivity contribution in [2.75, 3.05) is 23.4 Å². The van der Waals surface area contributed by atoms with Crippen LogP contribution in [0.3, 0.4) is 0 Å². The normalized spacial score (nSPS) is 11.6. The fraction of sp³-hybridized carbons (Fsp3) is 0.455. The van der Waals surface area contributed by atoms with Gasteiger partial charge in [-0.3, -0.25) is 0 Å². The SMILES string of the molecule is CCSCCNc1ccc(Cl)cc1C(F)(F)F. The second-order valence-electron chi connectivity index (χ2n) is 3.31. The zero-order chi connectivity index (χ0) is 12.9. The zero-order valence-electron chi connectivity index (χ0n) is 9.27. The van der Waals surface area contributed by atoms with Crippen molar-refractivity contribution in [1.29, 1.82) is 0 Å². The second kappa shape index (κ2) is 6.40. The van der Waals surface area contributed by atoms with E-state index in [-0.39, 0.29) is 10.7 Å². The van der Waals surface area contributed by atoms with Crippen molar-refractivity contribution in [3.63, 3.8) is 0 Å². The Balaban J connectivity index is 2.77. The third-order valence-electron chi connectivity index (χ3n) is 2.05. The molecule has 0 saturated heterocycles. The van der Waals surface area contributed by atoms with Crippen LogP contribution in [0, 0.1) is 0 Å². The third-order valence-corrected chi connectivity index (χ3v) is 3.19. The molecule has 1 nitrogen and oxygen atoms in total. The molecule has 0 bridgehead atoms. The zero-order valence-corrected chi connectivity index (χ0v) is 10.8. The third kappa shape index (κ3) is 4.68. The molecule has 17 heavy (non-hydrogen) atoms. The van der Waals surface area contributed by atoms with E-state index in [4.69, 9.17) is 11.6 Å². The summed E-state index contributed by atoms with van der Waals surface area (Å²) >= 11 is 7.25. The van der Waals surface area contributed by atoms with Gasteiger partial charge in [0.05, 0.1) is 5.56 Å². The topological polar surface area (TPSA) is 12.0 Å². The summed E-state index contributed by atoms with van der Waals surface area (Å²) in [5.74, 6) is 1.73. The van der Waals surface area contributed by atoms with Crippen LogP contribution in [0.1, 0.15) is 12.5 Å². The van der Waals surface area contributed by atoms with E-state index < -0.39 is 11.7 Å². The van der Waals surface area contributed by atoms with Crippen LogP contribution in [0.15, 0.2) is 18.2 Å². The Morgan fingerprint density at radius 1 is 1.35 bits per heavy atom. The predicted molar refractivity (Wildman–Crippen MR) is 67.9 cm³/mol. The monoisotopic (exact) mass is 283 g/mol. The number of hydrogen-bond acceptors (Lipinski definition) is 2. The van der Waals surface area contributed by atoms with E-state index in [1.54, 1.807) is 11.8 Å². The number of anilines is 1. The van der Waals surface area contributed by atoms with Crippen LogP contribution >= 0.6 is 23.4 Å². The molecule has 1 N–H and O–H groups in total. The van der Waals surface area contributed by atoms with E-state index in [9.17, 15) is 13.2 Å². The molecule has 0 aliphatic rings. The van der Waals surface area contributed by atoms with E-state index in [0.717, 1.165) is 17.6 Å². The molecule has 6 heteroatoms. The lowest BCUT2D eigenvalue weighted by Gasteiger charge is -2.14. The highest BCUT2D eigenvalue weighted by Crippen LogP contribution is 2.36. The fourth-order valence-electron chi connectivity index (χ4n) is 1.31. The number of halogens is 4. The first-order valence-electron chi connectivity index (χ1n) is 5.13. The maximum absolute atomic E-state index is 12.7. The maximum Gasteiger partial charge on any atom is 0.418 e. The minimum absolute atomic E-state index is 0.0820. The van der Waals surface area contributed by atoms with Crippen molar-refractivity contribution in [1.82, 2.24) is 0 Å². The van der Waals surface area contributed by atoms with Crippen molar-refractivity contribution in [2.45, 2.75) is 13.1 Å². The second-order valence-corrected chi connectivity index (χ2v) is 5.14. The van der Waals surface area contributed by atoms with E-state index in [1.807, 2.05) is 6.92 Å². The van der Waals surface area contributed by atoms with Crippen LogP contribution in [0.4, 0.5) is 18.9 Å².